The van der Waals surface area contributed by atoms with Crippen molar-refractivity contribution in [3.8, 4) is 0 Å². The molecule has 100 valence electrons. The predicted molar refractivity (Wildman–Crippen MR) is 72.9 cm³/mol. The fourth-order valence-electron chi connectivity index (χ4n) is 1.81. The van der Waals surface area contributed by atoms with Crippen LogP contribution in [0, 0.1) is 10.1 Å². The summed E-state index contributed by atoms with van der Waals surface area (Å²) < 4.78 is 1.81. The molecule has 1 aromatic carbocycles. The molecular formula is C12H15N5O2. The van der Waals surface area contributed by atoms with E-state index in [1.807, 2.05) is 17.8 Å². The Hall–Kier alpha value is -2.57. The van der Waals surface area contributed by atoms with Crippen LogP contribution in [0.15, 0.2) is 30.5 Å². The number of anilines is 2. The van der Waals surface area contributed by atoms with Gasteiger partial charge in [0, 0.05) is 43.7 Å². The molecule has 0 unspecified atom stereocenters. The van der Waals surface area contributed by atoms with E-state index in [2.05, 4.69) is 10.4 Å². The topological polar surface area (TPSA) is 99.0 Å². The summed E-state index contributed by atoms with van der Waals surface area (Å²) in [6, 6.07) is 6.58. The molecule has 0 saturated heterocycles. The summed E-state index contributed by atoms with van der Waals surface area (Å²) in [5.41, 5.74) is 7.59. The minimum atomic E-state index is -0.491. The Morgan fingerprint density at radius 2 is 2.26 bits per heavy atom. The molecule has 2 rings (SSSR count). The third-order valence-corrected chi connectivity index (χ3v) is 2.86. The standard InChI is InChI=1S/C12H15N5O2/c1-16-10(5-7-15-16)4-6-14-9-2-3-12(17(18)19)11(13)8-9/h2-3,5,7-8,14H,4,6,13H2,1H3. The van der Waals surface area contributed by atoms with E-state index < -0.39 is 4.92 Å². The van der Waals surface area contributed by atoms with E-state index in [0.717, 1.165) is 17.8 Å². The maximum atomic E-state index is 10.6. The number of rotatable bonds is 5. The van der Waals surface area contributed by atoms with Crippen LogP contribution in [-0.2, 0) is 13.5 Å². The summed E-state index contributed by atoms with van der Waals surface area (Å²) in [5.74, 6) is 0. The zero-order chi connectivity index (χ0) is 13.8. The molecule has 0 aliphatic carbocycles. The number of nitro benzene ring substituents is 1. The fourth-order valence-corrected chi connectivity index (χ4v) is 1.81. The molecule has 0 atom stereocenters. The molecule has 0 amide bonds. The summed E-state index contributed by atoms with van der Waals surface area (Å²) in [5, 5.41) is 17.9. The van der Waals surface area contributed by atoms with Crippen molar-refractivity contribution < 1.29 is 4.92 Å². The molecule has 0 aliphatic rings. The maximum Gasteiger partial charge on any atom is 0.292 e. The van der Waals surface area contributed by atoms with E-state index in [4.69, 9.17) is 5.73 Å². The van der Waals surface area contributed by atoms with Crippen LogP contribution in [0.25, 0.3) is 0 Å². The zero-order valence-corrected chi connectivity index (χ0v) is 10.5. The van der Waals surface area contributed by atoms with Crippen molar-refractivity contribution in [2.45, 2.75) is 6.42 Å². The van der Waals surface area contributed by atoms with Crippen LogP contribution in [0.3, 0.4) is 0 Å². The number of aromatic nitrogens is 2. The molecule has 0 bridgehead atoms. The molecule has 7 nitrogen and oxygen atoms in total. The van der Waals surface area contributed by atoms with Crippen LogP contribution in [0.4, 0.5) is 17.1 Å². The summed E-state index contributed by atoms with van der Waals surface area (Å²) >= 11 is 0. The van der Waals surface area contributed by atoms with Crippen LogP contribution >= 0.6 is 0 Å². The normalized spacial score (nSPS) is 10.4. The zero-order valence-electron chi connectivity index (χ0n) is 10.5. The number of nitrogens with one attached hydrogen (secondary N) is 1. The molecule has 1 aromatic heterocycles. The SMILES string of the molecule is Cn1nccc1CCNc1ccc([N+](=O)[O-])c(N)c1. The van der Waals surface area contributed by atoms with Crippen LogP contribution in [0.2, 0.25) is 0 Å². The number of nitrogens with zero attached hydrogens (tertiary/aromatic N) is 3. The highest BCUT2D eigenvalue weighted by Crippen LogP contribution is 2.24. The highest BCUT2D eigenvalue weighted by molar-refractivity contribution is 5.65. The average Bonchev–Trinajstić information content (AvgIpc) is 2.75. The number of nitrogens with two attached hydrogens (primary N) is 1. The Morgan fingerprint density at radius 1 is 1.47 bits per heavy atom. The van der Waals surface area contributed by atoms with Gasteiger partial charge in [0.15, 0.2) is 0 Å². The molecule has 19 heavy (non-hydrogen) atoms. The molecule has 1 heterocycles. The van der Waals surface area contributed by atoms with Crippen LogP contribution in [0.5, 0.6) is 0 Å². The van der Waals surface area contributed by atoms with E-state index in [1.165, 1.54) is 6.07 Å². The van der Waals surface area contributed by atoms with Gasteiger partial charge < -0.3 is 11.1 Å². The van der Waals surface area contributed by atoms with Crippen LogP contribution in [0.1, 0.15) is 5.69 Å². The van der Waals surface area contributed by atoms with Gasteiger partial charge in [0.05, 0.1) is 4.92 Å². The van der Waals surface area contributed by atoms with E-state index in [0.29, 0.717) is 6.54 Å². The van der Waals surface area contributed by atoms with Gasteiger partial charge in [0.1, 0.15) is 5.69 Å². The highest BCUT2D eigenvalue weighted by Gasteiger charge is 2.10. The van der Waals surface area contributed by atoms with Crippen LogP contribution in [-0.4, -0.2) is 21.2 Å². The van der Waals surface area contributed by atoms with E-state index >= 15 is 0 Å². The second kappa shape index (κ2) is 5.38. The molecule has 0 saturated carbocycles. The molecular weight excluding hydrogens is 246 g/mol. The number of hydrogen-bond donors (Lipinski definition) is 2. The van der Waals surface area contributed by atoms with Crippen molar-refractivity contribution in [3.05, 3.63) is 46.3 Å². The smallest absolute Gasteiger partial charge is 0.292 e. The second-order valence-electron chi connectivity index (χ2n) is 4.15. The summed E-state index contributed by atoms with van der Waals surface area (Å²) in [4.78, 5) is 10.1. The number of benzene rings is 1. The lowest BCUT2D eigenvalue weighted by Gasteiger charge is -2.07. The van der Waals surface area contributed by atoms with E-state index in [1.54, 1.807) is 18.3 Å². The number of nitrogen functional groups attached to an aromatic ring is 1. The first-order valence-electron chi connectivity index (χ1n) is 5.82. The monoisotopic (exact) mass is 261 g/mol. The van der Waals surface area contributed by atoms with Crippen molar-refractivity contribution in [2.24, 2.45) is 7.05 Å². The molecule has 0 aliphatic heterocycles. The third-order valence-electron chi connectivity index (χ3n) is 2.86. The van der Waals surface area contributed by atoms with Gasteiger partial charge in [-0.2, -0.15) is 5.10 Å². The largest absolute Gasteiger partial charge is 0.393 e. The van der Waals surface area contributed by atoms with Gasteiger partial charge >= 0.3 is 0 Å². The minimum absolute atomic E-state index is 0.0721. The maximum absolute atomic E-state index is 10.6. The lowest BCUT2D eigenvalue weighted by Crippen LogP contribution is -2.08. The van der Waals surface area contributed by atoms with Crippen LogP contribution < -0.4 is 11.1 Å². The molecule has 0 radical (unpaired) electrons. The first-order valence-corrected chi connectivity index (χ1v) is 5.82. The van der Waals surface area contributed by atoms with Crippen molar-refractivity contribution in [1.82, 2.24) is 9.78 Å². The molecule has 0 spiro atoms. The molecule has 3 N–H and O–H groups in total. The second-order valence-corrected chi connectivity index (χ2v) is 4.15. The predicted octanol–water partition coefficient (Wildman–Crippen LogP) is 1.57. The Bertz CT molecular complexity index is 594. The van der Waals surface area contributed by atoms with Gasteiger partial charge in [-0.3, -0.25) is 14.8 Å². The van der Waals surface area contributed by atoms with Gasteiger partial charge in [0.2, 0.25) is 0 Å². The van der Waals surface area contributed by atoms with Gasteiger partial charge in [-0.25, -0.2) is 0 Å². The first-order chi connectivity index (χ1) is 9.08. The van der Waals surface area contributed by atoms with Gasteiger partial charge in [-0.05, 0) is 18.2 Å². The summed E-state index contributed by atoms with van der Waals surface area (Å²) in [6.07, 6.45) is 2.56. The average molecular weight is 261 g/mol. The minimum Gasteiger partial charge on any atom is -0.393 e. The Morgan fingerprint density at radius 3 is 2.84 bits per heavy atom. The third kappa shape index (κ3) is 3.01. The van der Waals surface area contributed by atoms with Gasteiger partial charge in [0.25, 0.3) is 5.69 Å². The van der Waals surface area contributed by atoms with Crippen molar-refractivity contribution in [2.75, 3.05) is 17.6 Å². The van der Waals surface area contributed by atoms with Crippen molar-refractivity contribution >= 4 is 17.1 Å². The Kier molecular flexibility index (Phi) is 3.65. The summed E-state index contributed by atoms with van der Waals surface area (Å²) in [7, 11) is 1.89. The molecule has 7 heteroatoms. The fraction of sp³-hybridized carbons (Fsp3) is 0.250. The molecule has 2 aromatic rings. The van der Waals surface area contributed by atoms with Crippen molar-refractivity contribution in [3.63, 3.8) is 0 Å². The number of hydrogen-bond acceptors (Lipinski definition) is 5. The van der Waals surface area contributed by atoms with Gasteiger partial charge in [-0.15, -0.1) is 0 Å². The highest BCUT2D eigenvalue weighted by atomic mass is 16.6. The summed E-state index contributed by atoms with van der Waals surface area (Å²) in [6.45, 7) is 0.705. The number of nitro groups is 1. The molecule has 0 fully saturated rings. The lowest BCUT2D eigenvalue weighted by molar-refractivity contribution is -0.383. The quantitative estimate of drug-likeness (QED) is 0.483. The Labute approximate surface area is 110 Å². The van der Waals surface area contributed by atoms with E-state index in [-0.39, 0.29) is 11.4 Å². The first kappa shape index (κ1) is 12.9. The number of aryl methyl sites for hydroxylation is 1. The Balaban J connectivity index is 1.95. The van der Waals surface area contributed by atoms with Crippen molar-refractivity contribution in [1.29, 1.82) is 0 Å². The van der Waals surface area contributed by atoms with E-state index in [9.17, 15) is 10.1 Å². The lowest BCUT2D eigenvalue weighted by atomic mass is 10.2. The van der Waals surface area contributed by atoms with Gasteiger partial charge in [-0.1, -0.05) is 0 Å².